The van der Waals surface area contributed by atoms with Crippen molar-refractivity contribution in [3.05, 3.63) is 23.6 Å². The number of nitrogens with one attached hydrogen (secondary N) is 1. The zero-order valence-corrected chi connectivity index (χ0v) is 12.9. The monoisotopic (exact) mass is 295 g/mol. The van der Waals surface area contributed by atoms with E-state index in [2.05, 4.69) is 29.0 Å². The number of aromatic nitrogens is 1. The van der Waals surface area contributed by atoms with E-state index in [1.54, 1.807) is 12.3 Å². The second-order valence-electron chi connectivity index (χ2n) is 5.77. The Kier molecular flexibility index (Phi) is 4.17. The predicted molar refractivity (Wildman–Crippen MR) is 82.8 cm³/mol. The van der Waals surface area contributed by atoms with Crippen LogP contribution >= 0.6 is 11.8 Å². The number of halogens is 1. The molecular formula is C15H22FN3S. The zero-order valence-electron chi connectivity index (χ0n) is 12.1. The molecule has 1 aromatic heterocycles. The first-order chi connectivity index (χ1) is 9.66. The second-order valence-corrected chi connectivity index (χ2v) is 7.26. The molecule has 2 atom stereocenters. The molecule has 2 fully saturated rings. The van der Waals surface area contributed by atoms with Crippen LogP contribution in [0.2, 0.25) is 0 Å². The van der Waals surface area contributed by atoms with Gasteiger partial charge in [-0.3, -0.25) is 0 Å². The van der Waals surface area contributed by atoms with E-state index < -0.39 is 0 Å². The molecule has 1 saturated carbocycles. The van der Waals surface area contributed by atoms with Gasteiger partial charge in [0.25, 0.3) is 0 Å². The van der Waals surface area contributed by atoms with Crippen molar-refractivity contribution in [1.29, 1.82) is 0 Å². The lowest BCUT2D eigenvalue weighted by molar-refractivity contribution is 0.553. The summed E-state index contributed by atoms with van der Waals surface area (Å²) in [6, 6.07) is 2.71. The minimum atomic E-state index is -0.147. The van der Waals surface area contributed by atoms with Gasteiger partial charge in [-0.25, -0.2) is 9.37 Å². The fraction of sp³-hybridized carbons (Fsp3) is 0.667. The molecule has 3 nitrogen and oxygen atoms in total. The van der Waals surface area contributed by atoms with E-state index in [9.17, 15) is 4.39 Å². The van der Waals surface area contributed by atoms with E-state index in [4.69, 9.17) is 0 Å². The van der Waals surface area contributed by atoms with Crippen molar-refractivity contribution in [3.8, 4) is 0 Å². The van der Waals surface area contributed by atoms with Crippen molar-refractivity contribution in [2.75, 3.05) is 17.2 Å². The topological polar surface area (TPSA) is 28.2 Å². The van der Waals surface area contributed by atoms with Crippen LogP contribution in [0.1, 0.15) is 32.3 Å². The molecule has 2 unspecified atom stereocenters. The molecule has 1 aliphatic carbocycles. The highest BCUT2D eigenvalue weighted by Crippen LogP contribution is 2.30. The molecule has 1 saturated heterocycles. The first-order valence-corrected chi connectivity index (χ1v) is 8.46. The summed E-state index contributed by atoms with van der Waals surface area (Å²) in [6.45, 7) is 5.85. The number of thioether (sulfide) groups is 1. The maximum absolute atomic E-state index is 14.7. The van der Waals surface area contributed by atoms with Gasteiger partial charge in [-0.15, -0.1) is 0 Å². The van der Waals surface area contributed by atoms with Gasteiger partial charge in [0, 0.05) is 47.9 Å². The van der Waals surface area contributed by atoms with E-state index in [0.717, 1.165) is 17.9 Å². The van der Waals surface area contributed by atoms with Crippen molar-refractivity contribution < 1.29 is 4.39 Å². The summed E-state index contributed by atoms with van der Waals surface area (Å²) in [7, 11) is 0. The molecule has 0 spiro atoms. The number of anilines is 1. The molecule has 20 heavy (non-hydrogen) atoms. The smallest absolute Gasteiger partial charge is 0.170 e. The molecule has 1 aliphatic heterocycles. The van der Waals surface area contributed by atoms with Gasteiger partial charge < -0.3 is 10.2 Å². The SMILES string of the molecule is CC1SCCN(c2nccc(CNC3CC3)c2F)C1C. The highest BCUT2D eigenvalue weighted by molar-refractivity contribution is 8.00. The molecule has 1 N–H and O–H groups in total. The molecule has 1 aromatic rings. The van der Waals surface area contributed by atoms with Crippen molar-refractivity contribution in [3.63, 3.8) is 0 Å². The lowest BCUT2D eigenvalue weighted by atomic mass is 10.1. The van der Waals surface area contributed by atoms with Gasteiger partial charge in [0.15, 0.2) is 11.6 Å². The number of pyridine rings is 1. The summed E-state index contributed by atoms with van der Waals surface area (Å²) in [5.74, 6) is 1.42. The van der Waals surface area contributed by atoms with Crippen LogP contribution in [0.4, 0.5) is 10.2 Å². The van der Waals surface area contributed by atoms with E-state index in [1.165, 1.54) is 12.8 Å². The first kappa shape index (κ1) is 14.1. The fourth-order valence-electron chi connectivity index (χ4n) is 2.58. The Hall–Kier alpha value is -0.810. The average molecular weight is 295 g/mol. The number of hydrogen-bond donors (Lipinski definition) is 1. The molecule has 3 rings (SSSR count). The van der Waals surface area contributed by atoms with Crippen molar-refractivity contribution >= 4 is 17.6 Å². The average Bonchev–Trinajstić information content (AvgIpc) is 3.25. The molecule has 5 heteroatoms. The normalized spacial score (nSPS) is 26.9. The van der Waals surface area contributed by atoms with Crippen LogP contribution in [-0.2, 0) is 6.54 Å². The fourth-order valence-corrected chi connectivity index (χ4v) is 3.68. The predicted octanol–water partition coefficient (Wildman–Crippen LogP) is 2.80. The maximum atomic E-state index is 14.7. The Morgan fingerprint density at radius 1 is 1.45 bits per heavy atom. The van der Waals surface area contributed by atoms with E-state index in [0.29, 0.717) is 29.7 Å². The van der Waals surface area contributed by atoms with E-state index in [-0.39, 0.29) is 5.82 Å². The third-order valence-electron chi connectivity index (χ3n) is 4.27. The Bertz CT molecular complexity index is 478. The zero-order chi connectivity index (χ0) is 14.1. The molecule has 0 bridgehead atoms. The van der Waals surface area contributed by atoms with Crippen LogP contribution in [0.5, 0.6) is 0 Å². The summed E-state index contributed by atoms with van der Waals surface area (Å²) in [5.41, 5.74) is 0.736. The molecule has 2 heterocycles. The lowest BCUT2D eigenvalue weighted by Crippen LogP contribution is -2.45. The van der Waals surface area contributed by atoms with Gasteiger partial charge in [-0.05, 0) is 25.8 Å². The second kappa shape index (κ2) is 5.90. The largest absolute Gasteiger partial charge is 0.350 e. The first-order valence-electron chi connectivity index (χ1n) is 7.42. The van der Waals surface area contributed by atoms with Gasteiger partial charge in [-0.2, -0.15) is 11.8 Å². The van der Waals surface area contributed by atoms with E-state index in [1.807, 2.05) is 11.8 Å². The number of nitrogens with zero attached hydrogens (tertiary/aromatic N) is 2. The Balaban J connectivity index is 1.79. The van der Waals surface area contributed by atoms with Gasteiger partial charge in [0.2, 0.25) is 0 Å². The van der Waals surface area contributed by atoms with Crippen LogP contribution in [0.15, 0.2) is 12.3 Å². The van der Waals surface area contributed by atoms with Crippen molar-refractivity contribution in [2.24, 2.45) is 0 Å². The quantitative estimate of drug-likeness (QED) is 0.924. The highest BCUT2D eigenvalue weighted by Gasteiger charge is 2.29. The van der Waals surface area contributed by atoms with Crippen LogP contribution < -0.4 is 10.2 Å². The summed E-state index contributed by atoms with van der Waals surface area (Å²) in [6.07, 6.45) is 4.18. The minimum absolute atomic E-state index is 0.147. The van der Waals surface area contributed by atoms with Gasteiger partial charge in [-0.1, -0.05) is 6.92 Å². The molecule has 110 valence electrons. The number of rotatable bonds is 4. The van der Waals surface area contributed by atoms with Crippen molar-refractivity contribution in [1.82, 2.24) is 10.3 Å². The van der Waals surface area contributed by atoms with Crippen LogP contribution in [0.25, 0.3) is 0 Å². The third-order valence-corrected chi connectivity index (χ3v) is 5.60. The molecule has 2 aliphatic rings. The molecular weight excluding hydrogens is 273 g/mol. The van der Waals surface area contributed by atoms with Crippen molar-refractivity contribution in [2.45, 2.75) is 50.6 Å². The summed E-state index contributed by atoms with van der Waals surface area (Å²) < 4.78 is 14.7. The van der Waals surface area contributed by atoms with Gasteiger partial charge >= 0.3 is 0 Å². The molecule has 0 radical (unpaired) electrons. The van der Waals surface area contributed by atoms with Crippen LogP contribution in [0.3, 0.4) is 0 Å². The lowest BCUT2D eigenvalue weighted by Gasteiger charge is -2.38. The Labute approximate surface area is 124 Å². The Morgan fingerprint density at radius 2 is 2.25 bits per heavy atom. The van der Waals surface area contributed by atoms with Crippen LogP contribution in [0, 0.1) is 5.82 Å². The molecule has 0 amide bonds. The standard InChI is InChI=1S/C15H22FN3S/c1-10-11(2)20-8-7-19(10)15-14(16)12(5-6-17-15)9-18-13-3-4-13/h5-6,10-11,13,18H,3-4,7-9H2,1-2H3. The number of hydrogen-bond acceptors (Lipinski definition) is 4. The highest BCUT2D eigenvalue weighted by atomic mass is 32.2. The van der Waals surface area contributed by atoms with Gasteiger partial charge in [0.1, 0.15) is 0 Å². The third kappa shape index (κ3) is 2.93. The van der Waals surface area contributed by atoms with E-state index >= 15 is 0 Å². The Morgan fingerprint density at radius 3 is 3.00 bits per heavy atom. The summed E-state index contributed by atoms with van der Waals surface area (Å²) in [4.78, 5) is 6.43. The summed E-state index contributed by atoms with van der Waals surface area (Å²) >= 11 is 1.95. The summed E-state index contributed by atoms with van der Waals surface area (Å²) in [5, 5.41) is 3.89. The van der Waals surface area contributed by atoms with Gasteiger partial charge in [0.05, 0.1) is 0 Å². The maximum Gasteiger partial charge on any atom is 0.170 e. The minimum Gasteiger partial charge on any atom is -0.350 e. The van der Waals surface area contributed by atoms with Crippen LogP contribution in [-0.4, -0.2) is 34.6 Å². The molecule has 0 aromatic carbocycles.